The number of amides is 2. The molecule has 2 bridgehead atoms. The minimum atomic E-state index is -1.14. The van der Waals surface area contributed by atoms with E-state index in [1.165, 1.54) is 4.90 Å². The third-order valence-electron chi connectivity index (χ3n) is 9.49. The monoisotopic (exact) mass is 610 g/mol. The molecule has 0 radical (unpaired) electrons. The third kappa shape index (κ3) is 6.71. The second kappa shape index (κ2) is 12.8. The molecule has 2 aromatic rings. The van der Waals surface area contributed by atoms with Crippen molar-refractivity contribution in [1.82, 2.24) is 20.2 Å². The molecular formula is C33H46N4O7. The lowest BCUT2D eigenvalue weighted by Crippen LogP contribution is -2.57. The lowest BCUT2D eigenvalue weighted by molar-refractivity contribution is -0.151. The van der Waals surface area contributed by atoms with Gasteiger partial charge in [0.25, 0.3) is 0 Å². The normalized spacial score (nSPS) is 30.3. The highest BCUT2D eigenvalue weighted by atomic mass is 16.6. The summed E-state index contributed by atoms with van der Waals surface area (Å²) in [5.74, 6) is -0.477. The van der Waals surface area contributed by atoms with E-state index >= 15 is 0 Å². The van der Waals surface area contributed by atoms with Crippen LogP contribution in [0.4, 0.5) is 4.79 Å². The van der Waals surface area contributed by atoms with Gasteiger partial charge in [-0.1, -0.05) is 47.5 Å². The Morgan fingerprint density at radius 1 is 1.05 bits per heavy atom. The van der Waals surface area contributed by atoms with Crippen molar-refractivity contribution in [3.8, 4) is 11.6 Å². The van der Waals surface area contributed by atoms with Crippen molar-refractivity contribution < 1.29 is 33.7 Å². The second-order valence-electron chi connectivity index (χ2n) is 13.9. The van der Waals surface area contributed by atoms with E-state index in [1.807, 2.05) is 32.9 Å². The van der Waals surface area contributed by atoms with Crippen molar-refractivity contribution in [2.75, 3.05) is 13.7 Å². The molecule has 2 N–H and O–H groups in total. The van der Waals surface area contributed by atoms with E-state index in [0.717, 1.165) is 44.0 Å². The first-order valence-electron chi connectivity index (χ1n) is 15.9. The number of carboxylic acid groups (broad SMARTS) is 1. The van der Waals surface area contributed by atoms with Gasteiger partial charge < -0.3 is 29.5 Å². The molecule has 1 aromatic heterocycles. The number of ether oxygens (including phenoxy) is 3. The highest BCUT2D eigenvalue weighted by Gasteiger charge is 2.50. The molecule has 0 unspecified atom stereocenters. The molecule has 1 saturated carbocycles. The van der Waals surface area contributed by atoms with Crippen molar-refractivity contribution in [3.05, 3.63) is 23.9 Å². The Kier molecular flexibility index (Phi) is 9.23. The Morgan fingerprint density at radius 2 is 1.82 bits per heavy atom. The van der Waals surface area contributed by atoms with Crippen LogP contribution in [0.5, 0.6) is 11.6 Å². The number of aryl methyl sites for hydroxylation is 1. The van der Waals surface area contributed by atoms with E-state index in [9.17, 15) is 19.5 Å². The number of benzene rings is 1. The number of methoxy groups -OCH3 is 1. The molecule has 11 heteroatoms. The van der Waals surface area contributed by atoms with Gasteiger partial charge in [-0.2, -0.15) is 0 Å². The van der Waals surface area contributed by atoms with Gasteiger partial charge in [0.1, 0.15) is 35.7 Å². The number of aliphatic carboxylic acids is 1. The third-order valence-corrected chi connectivity index (χ3v) is 9.49. The van der Waals surface area contributed by atoms with Crippen LogP contribution >= 0.6 is 0 Å². The van der Waals surface area contributed by atoms with Crippen LogP contribution in [0, 0.1) is 23.2 Å². The first-order chi connectivity index (χ1) is 20.8. The molecule has 0 spiro atoms. The van der Waals surface area contributed by atoms with Crippen molar-refractivity contribution in [3.63, 3.8) is 0 Å². The Hall–Kier alpha value is -3.63. The van der Waals surface area contributed by atoms with Crippen LogP contribution in [0.15, 0.2) is 18.2 Å². The van der Waals surface area contributed by atoms with Gasteiger partial charge in [-0.25, -0.2) is 19.6 Å². The van der Waals surface area contributed by atoms with Gasteiger partial charge >= 0.3 is 12.1 Å². The van der Waals surface area contributed by atoms with Gasteiger partial charge in [-0.3, -0.25) is 4.79 Å². The molecule has 2 amide bonds. The number of nitrogens with one attached hydrogen (secondary N) is 1. The number of carbonyl (C=O) groups excluding carboxylic acids is 2. The number of rotatable bonds is 2. The Bertz CT molecular complexity index is 1390. The topological polar surface area (TPSA) is 140 Å². The maximum atomic E-state index is 14.1. The largest absolute Gasteiger partial charge is 0.497 e. The second-order valence-corrected chi connectivity index (χ2v) is 13.9. The van der Waals surface area contributed by atoms with Gasteiger partial charge in [0.15, 0.2) is 0 Å². The highest BCUT2D eigenvalue weighted by molar-refractivity contribution is 5.90. The summed E-state index contributed by atoms with van der Waals surface area (Å²) in [6.45, 7) is 9.51. The number of aromatic nitrogens is 2. The Morgan fingerprint density at radius 3 is 2.52 bits per heavy atom. The zero-order valence-electron chi connectivity index (χ0n) is 26.7. The minimum absolute atomic E-state index is 0.0275. The zero-order valence-corrected chi connectivity index (χ0v) is 26.7. The molecule has 1 saturated heterocycles. The molecule has 11 nitrogen and oxygen atoms in total. The van der Waals surface area contributed by atoms with Crippen LogP contribution in [0.1, 0.15) is 78.8 Å². The van der Waals surface area contributed by atoms with Crippen LogP contribution in [0.3, 0.4) is 0 Å². The fraction of sp³-hybridized carbons (Fsp3) is 0.667. The van der Waals surface area contributed by atoms with Crippen molar-refractivity contribution in [2.24, 2.45) is 23.2 Å². The van der Waals surface area contributed by atoms with E-state index < -0.39 is 47.5 Å². The van der Waals surface area contributed by atoms with Gasteiger partial charge in [0.2, 0.25) is 11.8 Å². The molecule has 7 atom stereocenters. The highest BCUT2D eigenvalue weighted by Crippen LogP contribution is 2.38. The van der Waals surface area contributed by atoms with E-state index in [1.54, 1.807) is 20.1 Å². The number of hydrogen-bond donors (Lipinski definition) is 2. The van der Waals surface area contributed by atoms with Crippen LogP contribution in [-0.4, -0.2) is 75.9 Å². The minimum Gasteiger partial charge on any atom is -0.497 e. The molecule has 3 aliphatic rings. The van der Waals surface area contributed by atoms with Crippen LogP contribution in [0.25, 0.3) is 11.0 Å². The fourth-order valence-electron chi connectivity index (χ4n) is 7.05. The fourth-order valence-corrected chi connectivity index (χ4v) is 7.05. The van der Waals surface area contributed by atoms with Crippen LogP contribution in [0.2, 0.25) is 0 Å². The molecule has 5 rings (SSSR count). The van der Waals surface area contributed by atoms with Crippen LogP contribution < -0.4 is 14.8 Å². The predicted octanol–water partition coefficient (Wildman–Crippen LogP) is 4.99. The van der Waals surface area contributed by atoms with E-state index in [-0.39, 0.29) is 18.6 Å². The maximum Gasteiger partial charge on any atom is 0.408 e. The van der Waals surface area contributed by atoms with Gasteiger partial charge in [0, 0.05) is 12.0 Å². The van der Waals surface area contributed by atoms with E-state index in [2.05, 4.69) is 12.2 Å². The maximum absolute atomic E-state index is 14.1. The Labute approximate surface area is 259 Å². The number of fused-ring (bicyclic) bond motifs is 5. The number of nitrogens with zero attached hydrogens (tertiary/aromatic N) is 3. The zero-order chi connectivity index (χ0) is 31.8. The summed E-state index contributed by atoms with van der Waals surface area (Å²) in [7, 11) is 1.59. The van der Waals surface area contributed by atoms with E-state index in [0.29, 0.717) is 35.2 Å². The number of hydrogen-bond acceptors (Lipinski definition) is 8. The summed E-state index contributed by atoms with van der Waals surface area (Å²) in [6.07, 6.45) is 4.71. The molecule has 1 aliphatic carbocycles. The average Bonchev–Trinajstić information content (AvgIpc) is 3.47. The number of carboxylic acids is 1. The molecule has 3 heterocycles. The summed E-state index contributed by atoms with van der Waals surface area (Å²) in [4.78, 5) is 51.0. The lowest BCUT2D eigenvalue weighted by atomic mass is 9.85. The first-order valence-corrected chi connectivity index (χ1v) is 15.9. The van der Waals surface area contributed by atoms with Gasteiger partial charge in [0.05, 0.1) is 24.7 Å². The predicted molar refractivity (Wildman–Crippen MR) is 164 cm³/mol. The average molecular weight is 611 g/mol. The van der Waals surface area contributed by atoms with Crippen molar-refractivity contribution in [1.29, 1.82) is 0 Å². The first kappa shape index (κ1) is 31.8. The molecule has 1 aromatic carbocycles. The summed E-state index contributed by atoms with van der Waals surface area (Å²) in [5, 5.41) is 13.1. The smallest absolute Gasteiger partial charge is 0.408 e. The number of carbonyl (C=O) groups is 3. The summed E-state index contributed by atoms with van der Waals surface area (Å²) in [5.41, 5.74) is 1.33. The summed E-state index contributed by atoms with van der Waals surface area (Å²) in [6, 6.07) is 3.37. The Balaban J connectivity index is 1.52. The molecular weight excluding hydrogens is 564 g/mol. The molecule has 240 valence electrons. The molecule has 2 aliphatic heterocycles. The van der Waals surface area contributed by atoms with Gasteiger partial charge in [-0.15, -0.1) is 0 Å². The number of alkyl carbamates (subject to hydrolysis) is 1. The lowest BCUT2D eigenvalue weighted by Gasteiger charge is -2.35. The van der Waals surface area contributed by atoms with Crippen molar-refractivity contribution in [2.45, 2.75) is 104 Å². The SMILES string of the molecule is COc1ccc2nc3c(nc2c1)O[C@H]1CN(C(=O)[C@H](C(C)(C)C)NC(=O)O[C@@H]2C[C@H](C)C[C@H]2CCCCC3)[C@H](C(=O)O)[C@@H]1C. The molecule has 44 heavy (non-hydrogen) atoms. The van der Waals surface area contributed by atoms with Crippen LogP contribution in [-0.2, 0) is 20.7 Å². The van der Waals surface area contributed by atoms with E-state index in [4.69, 9.17) is 24.2 Å². The van der Waals surface area contributed by atoms with Gasteiger partial charge in [-0.05, 0) is 61.5 Å². The standard InChI is InChI=1S/C33H46N4O7/c1-18-14-20-10-8-7-9-11-23-29(35-24-16-21(42-6)12-13-22(24)34-23)43-26-17-37(27(19(26)2)31(39)40)30(38)28(33(3,4)5)36-32(41)44-25(20)15-18/h12-13,16,18-20,25-28H,7-11,14-15,17H2,1-6H3,(H,36,41)(H,39,40)/t18-,19-,20-,25-,26+,27+,28-/m1/s1. The summed E-state index contributed by atoms with van der Waals surface area (Å²) < 4.78 is 17.8. The summed E-state index contributed by atoms with van der Waals surface area (Å²) >= 11 is 0. The molecule has 2 fully saturated rings. The van der Waals surface area contributed by atoms with Crippen molar-refractivity contribution >= 4 is 29.0 Å². The quantitative estimate of drug-likeness (QED) is 0.481.